The van der Waals surface area contributed by atoms with Crippen molar-refractivity contribution in [2.75, 3.05) is 26.2 Å². The number of fused-ring (bicyclic) bond motifs is 3. The van der Waals surface area contributed by atoms with Crippen molar-refractivity contribution < 1.29 is 9.53 Å². The van der Waals surface area contributed by atoms with Gasteiger partial charge in [0, 0.05) is 13.1 Å². The van der Waals surface area contributed by atoms with E-state index in [-0.39, 0.29) is 12.2 Å². The third-order valence-corrected chi connectivity index (χ3v) is 3.90. The maximum atomic E-state index is 11.6. The summed E-state index contributed by atoms with van der Waals surface area (Å²) in [5.41, 5.74) is 0. The summed E-state index contributed by atoms with van der Waals surface area (Å²) in [6, 6.07) is 0. The van der Waals surface area contributed by atoms with E-state index in [4.69, 9.17) is 4.74 Å². The van der Waals surface area contributed by atoms with Crippen LogP contribution in [0.5, 0.6) is 0 Å². The highest BCUT2D eigenvalue weighted by molar-refractivity contribution is 5.67. The fraction of sp³-hybridized carbons (Fsp3) is 0.923. The molecule has 4 nitrogen and oxygen atoms in total. The summed E-state index contributed by atoms with van der Waals surface area (Å²) in [5, 5.41) is 2.84. The van der Waals surface area contributed by atoms with E-state index >= 15 is 0 Å². The summed E-state index contributed by atoms with van der Waals surface area (Å²) in [5.74, 6) is 0.599. The minimum absolute atomic E-state index is 0.128. The van der Waals surface area contributed by atoms with Crippen LogP contribution in [-0.4, -0.2) is 43.3 Å². The Balaban J connectivity index is 1.65. The topological polar surface area (TPSA) is 41.6 Å². The van der Waals surface area contributed by atoms with Gasteiger partial charge in [-0.2, -0.15) is 0 Å². The molecule has 0 aliphatic carbocycles. The van der Waals surface area contributed by atoms with Gasteiger partial charge in [-0.05, 0) is 38.3 Å². The van der Waals surface area contributed by atoms with Gasteiger partial charge in [0.2, 0.25) is 0 Å². The zero-order valence-corrected chi connectivity index (χ0v) is 10.8. The van der Waals surface area contributed by atoms with Crippen molar-refractivity contribution in [2.45, 2.75) is 45.1 Å². The van der Waals surface area contributed by atoms with Gasteiger partial charge in [0.1, 0.15) is 6.10 Å². The number of nitrogens with zero attached hydrogens (tertiary/aromatic N) is 1. The highest BCUT2D eigenvalue weighted by Crippen LogP contribution is 2.29. The average molecular weight is 240 g/mol. The van der Waals surface area contributed by atoms with Crippen LogP contribution >= 0.6 is 0 Å². The molecule has 3 aliphatic rings. The molecule has 0 aromatic rings. The lowest BCUT2D eigenvalue weighted by atomic mass is 9.86. The van der Waals surface area contributed by atoms with Crippen LogP contribution < -0.4 is 5.32 Å². The van der Waals surface area contributed by atoms with Gasteiger partial charge < -0.3 is 10.1 Å². The number of carbonyl (C=O) groups excluding carboxylic acids is 1. The molecule has 0 aromatic carbocycles. The third kappa shape index (κ3) is 3.60. The van der Waals surface area contributed by atoms with Gasteiger partial charge in [0.15, 0.2) is 0 Å². The number of piperidine rings is 3. The number of amides is 1. The van der Waals surface area contributed by atoms with Crippen LogP contribution in [0.3, 0.4) is 0 Å². The molecule has 17 heavy (non-hydrogen) atoms. The molecular weight excluding hydrogens is 216 g/mol. The SMILES string of the molecule is CCCCCNC(=O)OC1CN2CCC1CC2. The van der Waals surface area contributed by atoms with Crippen LogP contribution in [0, 0.1) is 5.92 Å². The Kier molecular flexibility index (Phi) is 4.66. The summed E-state index contributed by atoms with van der Waals surface area (Å²) in [6.07, 6.45) is 5.67. The summed E-state index contributed by atoms with van der Waals surface area (Å²) >= 11 is 0. The molecule has 0 radical (unpaired) electrons. The van der Waals surface area contributed by atoms with Crippen molar-refractivity contribution >= 4 is 6.09 Å². The van der Waals surface area contributed by atoms with E-state index < -0.39 is 0 Å². The number of hydrogen-bond acceptors (Lipinski definition) is 3. The van der Waals surface area contributed by atoms with Crippen molar-refractivity contribution in [3.05, 3.63) is 0 Å². The molecule has 1 unspecified atom stereocenters. The number of carbonyl (C=O) groups is 1. The third-order valence-electron chi connectivity index (χ3n) is 3.90. The highest BCUT2D eigenvalue weighted by atomic mass is 16.6. The fourth-order valence-corrected chi connectivity index (χ4v) is 2.79. The van der Waals surface area contributed by atoms with Crippen molar-refractivity contribution in [1.82, 2.24) is 10.2 Å². The van der Waals surface area contributed by atoms with Gasteiger partial charge in [-0.25, -0.2) is 4.79 Å². The molecule has 4 heteroatoms. The van der Waals surface area contributed by atoms with E-state index in [1.165, 1.54) is 38.8 Å². The van der Waals surface area contributed by atoms with E-state index in [1.54, 1.807) is 0 Å². The average Bonchev–Trinajstić information content (AvgIpc) is 2.36. The van der Waals surface area contributed by atoms with Gasteiger partial charge >= 0.3 is 6.09 Å². The number of unbranched alkanes of at least 4 members (excludes halogenated alkanes) is 2. The molecule has 0 saturated carbocycles. The molecule has 0 aromatic heterocycles. The van der Waals surface area contributed by atoms with Crippen LogP contribution in [0.25, 0.3) is 0 Å². The molecule has 2 bridgehead atoms. The first kappa shape index (κ1) is 12.7. The van der Waals surface area contributed by atoms with Gasteiger partial charge in [0.05, 0.1) is 0 Å². The summed E-state index contributed by atoms with van der Waals surface area (Å²) in [7, 11) is 0. The number of alkyl carbamates (subject to hydrolysis) is 1. The van der Waals surface area contributed by atoms with Crippen LogP contribution in [0.2, 0.25) is 0 Å². The fourth-order valence-electron chi connectivity index (χ4n) is 2.79. The molecule has 1 N–H and O–H groups in total. The standard InChI is InChI=1S/C13H24N2O2/c1-2-3-4-7-14-13(16)17-12-10-15-8-5-11(12)6-9-15/h11-12H,2-10H2,1H3,(H,14,16). The Labute approximate surface area is 104 Å². The molecule has 3 heterocycles. The lowest BCUT2D eigenvalue weighted by molar-refractivity contribution is -0.0331. The smallest absolute Gasteiger partial charge is 0.407 e. The first-order valence-corrected chi connectivity index (χ1v) is 6.96. The zero-order chi connectivity index (χ0) is 12.1. The van der Waals surface area contributed by atoms with Crippen molar-refractivity contribution in [2.24, 2.45) is 5.92 Å². The largest absolute Gasteiger partial charge is 0.445 e. The van der Waals surface area contributed by atoms with E-state index in [9.17, 15) is 4.79 Å². The molecule has 3 aliphatic heterocycles. The second kappa shape index (κ2) is 6.24. The lowest BCUT2D eigenvalue weighted by Crippen LogP contribution is -2.52. The van der Waals surface area contributed by atoms with Crippen LogP contribution in [-0.2, 0) is 4.74 Å². The van der Waals surface area contributed by atoms with Crippen molar-refractivity contribution in [3.63, 3.8) is 0 Å². The Morgan fingerprint density at radius 1 is 1.35 bits per heavy atom. The Morgan fingerprint density at radius 3 is 2.71 bits per heavy atom. The molecule has 98 valence electrons. The molecule has 3 saturated heterocycles. The number of ether oxygens (including phenoxy) is 1. The Morgan fingerprint density at radius 2 is 2.12 bits per heavy atom. The number of rotatable bonds is 5. The van der Waals surface area contributed by atoms with Crippen molar-refractivity contribution in [3.8, 4) is 0 Å². The van der Waals surface area contributed by atoms with E-state index in [2.05, 4.69) is 17.1 Å². The molecule has 1 amide bonds. The van der Waals surface area contributed by atoms with E-state index in [0.717, 1.165) is 19.5 Å². The van der Waals surface area contributed by atoms with Crippen LogP contribution in [0.15, 0.2) is 0 Å². The second-order valence-electron chi connectivity index (χ2n) is 5.22. The summed E-state index contributed by atoms with van der Waals surface area (Å²) < 4.78 is 5.51. The van der Waals surface area contributed by atoms with E-state index in [0.29, 0.717) is 5.92 Å². The van der Waals surface area contributed by atoms with Gasteiger partial charge in [-0.1, -0.05) is 19.8 Å². The molecule has 3 fully saturated rings. The quantitative estimate of drug-likeness (QED) is 0.747. The Hall–Kier alpha value is -0.770. The first-order chi connectivity index (χ1) is 8.29. The second-order valence-corrected chi connectivity index (χ2v) is 5.22. The number of hydrogen-bond donors (Lipinski definition) is 1. The highest BCUT2D eigenvalue weighted by Gasteiger charge is 2.36. The van der Waals surface area contributed by atoms with Crippen LogP contribution in [0.1, 0.15) is 39.0 Å². The molecule has 1 atom stereocenters. The maximum absolute atomic E-state index is 11.6. The molecule has 0 spiro atoms. The van der Waals surface area contributed by atoms with Crippen LogP contribution in [0.4, 0.5) is 4.79 Å². The predicted octanol–water partition coefficient (Wildman–Crippen LogP) is 2.00. The zero-order valence-electron chi connectivity index (χ0n) is 10.8. The monoisotopic (exact) mass is 240 g/mol. The van der Waals surface area contributed by atoms with Gasteiger partial charge in [-0.3, -0.25) is 4.90 Å². The predicted molar refractivity (Wildman–Crippen MR) is 67.0 cm³/mol. The Bertz CT molecular complexity index is 250. The van der Waals surface area contributed by atoms with E-state index in [1.807, 2.05) is 0 Å². The van der Waals surface area contributed by atoms with Gasteiger partial charge in [0.25, 0.3) is 0 Å². The lowest BCUT2D eigenvalue weighted by Gasteiger charge is -2.43. The minimum Gasteiger partial charge on any atom is -0.445 e. The summed E-state index contributed by atoms with van der Waals surface area (Å²) in [6.45, 7) is 6.21. The molecular formula is C13H24N2O2. The molecule has 3 rings (SSSR count). The minimum atomic E-state index is -0.222. The maximum Gasteiger partial charge on any atom is 0.407 e. The number of nitrogens with one attached hydrogen (secondary N) is 1. The van der Waals surface area contributed by atoms with Gasteiger partial charge in [-0.15, -0.1) is 0 Å². The summed E-state index contributed by atoms with van der Waals surface area (Å²) in [4.78, 5) is 14.0. The van der Waals surface area contributed by atoms with Crippen molar-refractivity contribution in [1.29, 1.82) is 0 Å². The normalized spacial score (nSPS) is 31.2. The first-order valence-electron chi connectivity index (χ1n) is 6.96.